The highest BCUT2D eigenvalue weighted by molar-refractivity contribution is 8.13. The molecule has 0 aromatic heterocycles. The number of nitrogens with one attached hydrogen (secondary N) is 1. The molecule has 2 aliphatic rings. The summed E-state index contributed by atoms with van der Waals surface area (Å²) in [6.07, 6.45) is 5.85. The van der Waals surface area contributed by atoms with Crippen molar-refractivity contribution in [2.24, 2.45) is 4.99 Å². The van der Waals surface area contributed by atoms with E-state index >= 15 is 0 Å². The minimum atomic E-state index is -0.325. The van der Waals surface area contributed by atoms with E-state index in [1.807, 2.05) is 38.1 Å². The van der Waals surface area contributed by atoms with Crippen LogP contribution in [0.5, 0.6) is 0 Å². The second kappa shape index (κ2) is 11.4. The van der Waals surface area contributed by atoms with Crippen LogP contribution in [0.2, 0.25) is 0 Å². The van der Waals surface area contributed by atoms with Crippen molar-refractivity contribution >= 4 is 34.5 Å². The first-order valence-electron chi connectivity index (χ1n) is 11.3. The lowest BCUT2D eigenvalue weighted by atomic mass is 9.94. The number of fused-ring (bicyclic) bond motifs is 1. The number of rotatable bonds is 9. The number of carbonyl (C=O) groups is 2. The van der Waals surface area contributed by atoms with Crippen LogP contribution in [0.15, 0.2) is 40.5 Å². The van der Waals surface area contributed by atoms with E-state index in [1.54, 1.807) is 11.8 Å². The first-order chi connectivity index (χ1) is 15.0. The fraction of sp³-hybridized carbons (Fsp3) is 0.542. The molecule has 0 aliphatic carbocycles. The standard InChI is InChI=1S/C24H33N3O3S/c1-4-6-7-8-13-20(28)26-19-12-9-11-18(16-19)22-21(23(29)30-5-2)17(3)25-24-27(22)14-10-15-31-24/h9,11-12,16,22H,4-8,10,13-15H2,1-3H3,(H,26,28). The molecular weight excluding hydrogens is 410 g/mol. The number of thioether (sulfide) groups is 1. The number of hydrogen-bond donors (Lipinski definition) is 1. The van der Waals surface area contributed by atoms with Gasteiger partial charge in [0.15, 0.2) is 5.17 Å². The summed E-state index contributed by atoms with van der Waals surface area (Å²) in [5, 5.41) is 3.98. The third kappa shape index (κ3) is 5.91. The molecule has 0 radical (unpaired) electrons. The zero-order chi connectivity index (χ0) is 22.2. The summed E-state index contributed by atoms with van der Waals surface area (Å²) < 4.78 is 5.37. The molecule has 1 saturated heterocycles. The predicted octanol–water partition coefficient (Wildman–Crippen LogP) is 5.28. The summed E-state index contributed by atoms with van der Waals surface area (Å²) in [5.74, 6) is 0.733. The van der Waals surface area contributed by atoms with Crippen LogP contribution in [-0.2, 0) is 14.3 Å². The lowest BCUT2D eigenvalue weighted by molar-refractivity contribution is -0.139. The number of anilines is 1. The Balaban J connectivity index is 1.85. The van der Waals surface area contributed by atoms with E-state index < -0.39 is 0 Å². The van der Waals surface area contributed by atoms with E-state index in [0.717, 1.165) is 60.8 Å². The third-order valence-corrected chi connectivity index (χ3v) is 6.57. The first-order valence-corrected chi connectivity index (χ1v) is 12.3. The van der Waals surface area contributed by atoms with Crippen molar-refractivity contribution in [3.8, 4) is 0 Å². The molecule has 0 spiro atoms. The van der Waals surface area contributed by atoms with Crippen molar-refractivity contribution in [1.82, 2.24) is 4.90 Å². The number of hydrogen-bond acceptors (Lipinski definition) is 6. The third-order valence-electron chi connectivity index (χ3n) is 5.50. The van der Waals surface area contributed by atoms with E-state index in [2.05, 4.69) is 17.1 Å². The van der Waals surface area contributed by atoms with E-state index in [9.17, 15) is 9.59 Å². The Hall–Kier alpha value is -2.28. The first kappa shape index (κ1) is 23.4. The van der Waals surface area contributed by atoms with E-state index in [0.29, 0.717) is 24.3 Å². The zero-order valence-electron chi connectivity index (χ0n) is 18.8. The number of ether oxygens (including phenoxy) is 1. The SMILES string of the molecule is CCCCCCC(=O)Nc1cccc(C2C(C(=O)OCC)=C(C)N=C3SCCCN32)c1. The molecule has 1 amide bonds. The second-order valence-electron chi connectivity index (χ2n) is 7.90. The van der Waals surface area contributed by atoms with Crippen molar-refractivity contribution in [2.75, 3.05) is 24.2 Å². The number of amides is 1. The van der Waals surface area contributed by atoms with Gasteiger partial charge in [-0.2, -0.15) is 0 Å². The van der Waals surface area contributed by atoms with Crippen molar-refractivity contribution in [1.29, 1.82) is 0 Å². The van der Waals surface area contributed by atoms with Gasteiger partial charge in [0.1, 0.15) is 0 Å². The molecule has 6 nitrogen and oxygen atoms in total. The highest BCUT2D eigenvalue weighted by atomic mass is 32.2. The van der Waals surface area contributed by atoms with Gasteiger partial charge in [-0.3, -0.25) is 4.79 Å². The molecular formula is C24H33N3O3S. The van der Waals surface area contributed by atoms with Crippen LogP contribution in [0.3, 0.4) is 0 Å². The molecule has 1 aromatic rings. The molecule has 2 aliphatic heterocycles. The molecule has 1 unspecified atom stereocenters. The Morgan fingerprint density at radius 3 is 2.87 bits per heavy atom. The van der Waals surface area contributed by atoms with E-state index in [1.165, 1.54) is 0 Å². The summed E-state index contributed by atoms with van der Waals surface area (Å²) in [7, 11) is 0. The molecule has 0 bridgehead atoms. The summed E-state index contributed by atoms with van der Waals surface area (Å²) in [6, 6.07) is 7.56. The quantitative estimate of drug-likeness (QED) is 0.415. The Bertz CT molecular complexity index is 865. The number of nitrogens with zero attached hydrogens (tertiary/aromatic N) is 2. The van der Waals surface area contributed by atoms with Gasteiger partial charge in [-0.1, -0.05) is 50.1 Å². The van der Waals surface area contributed by atoms with Crippen LogP contribution in [0.4, 0.5) is 5.69 Å². The molecule has 1 N–H and O–H groups in total. The van der Waals surface area contributed by atoms with E-state index in [-0.39, 0.29) is 17.9 Å². The second-order valence-corrected chi connectivity index (χ2v) is 8.96. The number of amidine groups is 1. The maximum atomic E-state index is 12.8. The Labute approximate surface area is 189 Å². The fourth-order valence-corrected chi connectivity index (χ4v) is 5.03. The summed E-state index contributed by atoms with van der Waals surface area (Å²) >= 11 is 1.72. The van der Waals surface area contributed by atoms with Crippen LogP contribution in [0.1, 0.15) is 70.9 Å². The van der Waals surface area contributed by atoms with E-state index in [4.69, 9.17) is 9.73 Å². The van der Waals surface area contributed by atoms with Gasteiger partial charge in [0.05, 0.1) is 23.9 Å². The number of unbranched alkanes of at least 4 members (excludes halogenated alkanes) is 3. The average molecular weight is 444 g/mol. The smallest absolute Gasteiger partial charge is 0.338 e. The minimum absolute atomic E-state index is 0.0324. The highest BCUT2D eigenvalue weighted by Gasteiger charge is 2.37. The predicted molar refractivity (Wildman–Crippen MR) is 127 cm³/mol. The number of aliphatic imine (C=N–C) groups is 1. The largest absolute Gasteiger partial charge is 0.463 e. The van der Waals surface area contributed by atoms with Gasteiger partial charge in [0.25, 0.3) is 0 Å². The highest BCUT2D eigenvalue weighted by Crippen LogP contribution is 2.40. The molecule has 2 heterocycles. The number of carbonyl (C=O) groups excluding carboxylic acids is 2. The van der Waals surface area contributed by atoms with Crippen molar-refractivity contribution in [3.05, 3.63) is 41.1 Å². The number of allylic oxidation sites excluding steroid dienone is 1. The Kier molecular flexibility index (Phi) is 8.58. The van der Waals surface area contributed by atoms with Crippen LogP contribution in [0, 0.1) is 0 Å². The molecule has 1 fully saturated rings. The molecule has 31 heavy (non-hydrogen) atoms. The average Bonchev–Trinajstić information content (AvgIpc) is 2.76. The lowest BCUT2D eigenvalue weighted by Gasteiger charge is -2.40. The van der Waals surface area contributed by atoms with Gasteiger partial charge in [-0.25, -0.2) is 9.79 Å². The Morgan fingerprint density at radius 2 is 2.10 bits per heavy atom. The van der Waals surface area contributed by atoms with Gasteiger partial charge in [0, 0.05) is 24.4 Å². The molecule has 1 atom stereocenters. The fourth-order valence-electron chi connectivity index (χ4n) is 4.01. The van der Waals surface area contributed by atoms with Crippen molar-refractivity contribution < 1.29 is 14.3 Å². The number of benzene rings is 1. The van der Waals surface area contributed by atoms with Gasteiger partial charge < -0.3 is 15.0 Å². The summed E-state index contributed by atoms with van der Waals surface area (Å²) in [6.45, 7) is 7.01. The molecule has 3 rings (SSSR count). The van der Waals surface area contributed by atoms with Gasteiger partial charge >= 0.3 is 5.97 Å². The maximum Gasteiger partial charge on any atom is 0.338 e. The van der Waals surface area contributed by atoms with Gasteiger partial charge in [-0.15, -0.1) is 0 Å². The van der Waals surface area contributed by atoms with Gasteiger partial charge in [-0.05, 0) is 44.4 Å². The van der Waals surface area contributed by atoms with Crippen LogP contribution < -0.4 is 5.32 Å². The molecule has 1 aromatic carbocycles. The summed E-state index contributed by atoms with van der Waals surface area (Å²) in [4.78, 5) is 32.1. The maximum absolute atomic E-state index is 12.8. The topological polar surface area (TPSA) is 71.0 Å². The van der Waals surface area contributed by atoms with Crippen molar-refractivity contribution in [2.45, 2.75) is 65.3 Å². The zero-order valence-corrected chi connectivity index (χ0v) is 19.6. The normalized spacial score (nSPS) is 18.4. The molecule has 0 saturated carbocycles. The Morgan fingerprint density at radius 1 is 1.26 bits per heavy atom. The van der Waals surface area contributed by atoms with Crippen LogP contribution in [-0.4, -0.2) is 40.8 Å². The molecule has 168 valence electrons. The van der Waals surface area contributed by atoms with Gasteiger partial charge in [0.2, 0.25) is 5.91 Å². The van der Waals surface area contributed by atoms with Crippen molar-refractivity contribution in [3.63, 3.8) is 0 Å². The summed E-state index contributed by atoms with van der Waals surface area (Å²) in [5.41, 5.74) is 3.00. The molecule has 7 heteroatoms. The van der Waals surface area contributed by atoms with Crippen LogP contribution in [0.25, 0.3) is 0 Å². The number of esters is 1. The minimum Gasteiger partial charge on any atom is -0.463 e. The van der Waals surface area contributed by atoms with Crippen LogP contribution >= 0.6 is 11.8 Å². The lowest BCUT2D eigenvalue weighted by Crippen LogP contribution is -2.42. The monoisotopic (exact) mass is 443 g/mol.